The number of phenolic OH excluding ortho intramolecular Hbond substituents is 1. The number of hydrogen-bond acceptors (Lipinski definition) is 2. The number of fused-ring (bicyclic) bond motifs is 3. The lowest BCUT2D eigenvalue weighted by atomic mass is 9.68. The van der Waals surface area contributed by atoms with Crippen LogP contribution >= 0.6 is 0 Å². The van der Waals surface area contributed by atoms with E-state index in [-0.39, 0.29) is 11.5 Å². The van der Waals surface area contributed by atoms with Crippen LogP contribution in [0, 0.1) is 5.92 Å². The Morgan fingerprint density at radius 3 is 2.91 bits per heavy atom. The van der Waals surface area contributed by atoms with Crippen LogP contribution in [0.3, 0.4) is 0 Å². The highest BCUT2D eigenvalue weighted by atomic mass is 16.5. The molecule has 0 amide bonds. The van der Waals surface area contributed by atoms with Crippen LogP contribution in [0.5, 0.6) is 11.5 Å². The van der Waals surface area contributed by atoms with E-state index in [4.69, 9.17) is 4.74 Å². The van der Waals surface area contributed by atoms with Crippen LogP contribution in [0.1, 0.15) is 63.5 Å². The van der Waals surface area contributed by atoms with E-state index in [9.17, 15) is 5.11 Å². The summed E-state index contributed by atoms with van der Waals surface area (Å²) in [5.74, 6) is 1.96. The molecule has 2 heteroatoms. The fourth-order valence-electron chi connectivity index (χ4n) is 4.17. The summed E-state index contributed by atoms with van der Waals surface area (Å²) in [5, 5.41) is 10.7. The first kappa shape index (κ1) is 16.2. The molecule has 23 heavy (non-hydrogen) atoms. The molecule has 1 N–H and O–H groups in total. The number of allylic oxidation sites excluding steroid dienone is 3. The summed E-state index contributed by atoms with van der Waals surface area (Å²) in [6, 6.07) is 4.06. The van der Waals surface area contributed by atoms with Crippen molar-refractivity contribution in [3.63, 3.8) is 0 Å². The number of phenols is 1. The summed E-state index contributed by atoms with van der Waals surface area (Å²) in [6.07, 6.45) is 9.53. The highest BCUT2D eigenvalue weighted by Gasteiger charge is 2.45. The molecule has 0 spiro atoms. The summed E-state index contributed by atoms with van der Waals surface area (Å²) >= 11 is 0. The van der Waals surface area contributed by atoms with Crippen molar-refractivity contribution in [2.75, 3.05) is 0 Å². The van der Waals surface area contributed by atoms with Crippen LogP contribution in [-0.2, 0) is 6.42 Å². The second-order valence-electron chi connectivity index (χ2n) is 7.60. The molecule has 0 bridgehead atoms. The van der Waals surface area contributed by atoms with E-state index in [1.807, 2.05) is 12.1 Å². The largest absolute Gasteiger partial charge is 0.507 e. The molecule has 0 fully saturated rings. The first-order valence-corrected chi connectivity index (χ1v) is 8.75. The zero-order chi connectivity index (χ0) is 16.6. The highest BCUT2D eigenvalue weighted by molar-refractivity contribution is 5.54. The van der Waals surface area contributed by atoms with Crippen molar-refractivity contribution in [2.24, 2.45) is 5.92 Å². The molecule has 1 aliphatic heterocycles. The van der Waals surface area contributed by atoms with Gasteiger partial charge in [-0.25, -0.2) is 0 Å². The minimum Gasteiger partial charge on any atom is -0.507 e. The topological polar surface area (TPSA) is 29.5 Å². The molecule has 0 saturated carbocycles. The van der Waals surface area contributed by atoms with Gasteiger partial charge < -0.3 is 9.84 Å². The minimum absolute atomic E-state index is 0.193. The molecule has 2 nitrogen and oxygen atoms in total. The quantitative estimate of drug-likeness (QED) is 0.586. The number of aromatic hydroxyl groups is 1. The van der Waals surface area contributed by atoms with Gasteiger partial charge in [0.1, 0.15) is 17.1 Å². The molecule has 2 aliphatic rings. The van der Waals surface area contributed by atoms with Gasteiger partial charge in [-0.05, 0) is 70.6 Å². The normalized spacial score (nSPS) is 24.9. The Bertz CT molecular complexity index is 639. The van der Waals surface area contributed by atoms with Gasteiger partial charge in [-0.1, -0.05) is 17.7 Å². The monoisotopic (exact) mass is 312 g/mol. The third-order valence-electron chi connectivity index (χ3n) is 5.40. The molecule has 0 aromatic heterocycles. The van der Waals surface area contributed by atoms with E-state index in [0.29, 0.717) is 11.7 Å². The predicted octanol–water partition coefficient (Wildman–Crippen LogP) is 5.51. The smallest absolute Gasteiger partial charge is 0.127 e. The van der Waals surface area contributed by atoms with E-state index in [0.717, 1.165) is 49.0 Å². The Morgan fingerprint density at radius 2 is 2.17 bits per heavy atom. The number of unbranched alkanes of at least 4 members (excludes halogenated alkanes) is 1. The summed E-state index contributed by atoms with van der Waals surface area (Å²) in [4.78, 5) is 0. The van der Waals surface area contributed by atoms with Crippen molar-refractivity contribution in [1.82, 2.24) is 0 Å². The molecule has 2 atom stereocenters. The average Bonchev–Trinajstić information content (AvgIpc) is 2.46. The minimum atomic E-state index is -0.193. The maximum Gasteiger partial charge on any atom is 0.127 e. The van der Waals surface area contributed by atoms with Crippen molar-refractivity contribution in [3.05, 3.63) is 47.6 Å². The van der Waals surface area contributed by atoms with Gasteiger partial charge in [-0.3, -0.25) is 0 Å². The van der Waals surface area contributed by atoms with Gasteiger partial charge in [-0.15, -0.1) is 6.58 Å². The predicted molar refractivity (Wildman–Crippen MR) is 95.2 cm³/mol. The highest BCUT2D eigenvalue weighted by Crippen LogP contribution is 2.53. The lowest BCUT2D eigenvalue weighted by Crippen LogP contribution is -2.45. The third-order valence-corrected chi connectivity index (χ3v) is 5.40. The SMILES string of the molecule is C=CCCCc1cc(O)c2c(c1)OC(C)(C)C1CCC(C)=C[C@@H]21. The Hall–Kier alpha value is -1.70. The van der Waals surface area contributed by atoms with Crippen molar-refractivity contribution in [2.45, 2.75) is 64.4 Å². The second-order valence-corrected chi connectivity index (χ2v) is 7.60. The van der Waals surface area contributed by atoms with E-state index < -0.39 is 0 Å². The Kier molecular flexibility index (Phi) is 4.27. The van der Waals surface area contributed by atoms with Gasteiger partial charge in [0, 0.05) is 17.4 Å². The molecule has 1 aromatic carbocycles. The van der Waals surface area contributed by atoms with Crippen molar-refractivity contribution < 1.29 is 9.84 Å². The van der Waals surface area contributed by atoms with E-state index >= 15 is 0 Å². The van der Waals surface area contributed by atoms with Crippen LogP contribution in [-0.4, -0.2) is 10.7 Å². The molecule has 0 saturated heterocycles. The zero-order valence-electron chi connectivity index (χ0n) is 14.6. The third kappa shape index (κ3) is 3.04. The van der Waals surface area contributed by atoms with E-state index in [2.05, 4.69) is 39.5 Å². The van der Waals surface area contributed by atoms with Crippen molar-refractivity contribution in [3.8, 4) is 11.5 Å². The maximum absolute atomic E-state index is 10.7. The van der Waals surface area contributed by atoms with E-state index in [1.165, 1.54) is 5.57 Å². The van der Waals surface area contributed by atoms with E-state index in [1.54, 1.807) is 0 Å². The Morgan fingerprint density at radius 1 is 1.39 bits per heavy atom. The molecule has 1 aromatic rings. The van der Waals surface area contributed by atoms with Gasteiger partial charge in [-0.2, -0.15) is 0 Å². The van der Waals surface area contributed by atoms with Gasteiger partial charge >= 0.3 is 0 Å². The molecule has 1 heterocycles. The second kappa shape index (κ2) is 6.07. The maximum atomic E-state index is 10.7. The number of ether oxygens (including phenoxy) is 1. The van der Waals surface area contributed by atoms with Crippen LogP contribution in [0.2, 0.25) is 0 Å². The number of aryl methyl sites for hydroxylation is 1. The van der Waals surface area contributed by atoms with Crippen LogP contribution in [0.15, 0.2) is 36.4 Å². The first-order chi connectivity index (χ1) is 10.9. The summed E-state index contributed by atoms with van der Waals surface area (Å²) in [5.41, 5.74) is 3.36. The molecule has 0 radical (unpaired) electrons. The fraction of sp³-hybridized carbons (Fsp3) is 0.524. The van der Waals surface area contributed by atoms with Gasteiger partial charge in [0.25, 0.3) is 0 Å². The van der Waals surface area contributed by atoms with Gasteiger partial charge in [0.15, 0.2) is 0 Å². The number of benzene rings is 1. The molecule has 3 rings (SSSR count). The summed E-state index contributed by atoms with van der Waals surface area (Å²) in [6.45, 7) is 10.3. The van der Waals surface area contributed by atoms with Crippen molar-refractivity contribution in [1.29, 1.82) is 0 Å². The molecular weight excluding hydrogens is 284 g/mol. The summed E-state index contributed by atoms with van der Waals surface area (Å²) < 4.78 is 6.34. The van der Waals surface area contributed by atoms with Gasteiger partial charge in [0.05, 0.1) is 0 Å². The van der Waals surface area contributed by atoms with Crippen LogP contribution in [0.4, 0.5) is 0 Å². The lowest BCUT2D eigenvalue weighted by Gasteiger charge is -2.46. The molecule has 1 unspecified atom stereocenters. The molecule has 124 valence electrons. The number of rotatable bonds is 4. The molecular formula is C21H28O2. The van der Waals surface area contributed by atoms with Gasteiger partial charge in [0.2, 0.25) is 0 Å². The Labute approximate surface area is 139 Å². The number of hydrogen-bond donors (Lipinski definition) is 1. The van der Waals surface area contributed by atoms with Crippen LogP contribution < -0.4 is 4.74 Å². The first-order valence-electron chi connectivity index (χ1n) is 8.75. The molecule has 1 aliphatic carbocycles. The van der Waals surface area contributed by atoms with Crippen LogP contribution in [0.25, 0.3) is 0 Å². The fourth-order valence-corrected chi connectivity index (χ4v) is 4.17. The lowest BCUT2D eigenvalue weighted by molar-refractivity contribution is 0.0107. The zero-order valence-corrected chi connectivity index (χ0v) is 14.6. The Balaban J connectivity index is 2.00. The standard InChI is InChI=1S/C21H28O2/c1-5-6-7-8-15-12-18(22)20-16-11-14(2)9-10-17(16)21(3,4)23-19(20)13-15/h5,11-13,16-17,22H,1,6-10H2,2-4H3/t16-,17?/m1/s1. The average molecular weight is 312 g/mol. The van der Waals surface area contributed by atoms with Crippen molar-refractivity contribution >= 4 is 0 Å². The summed E-state index contributed by atoms with van der Waals surface area (Å²) in [7, 11) is 0.